The van der Waals surface area contributed by atoms with Crippen molar-refractivity contribution in [1.82, 2.24) is 34.4 Å². The van der Waals surface area contributed by atoms with Crippen LogP contribution in [-0.4, -0.2) is 79.5 Å². The van der Waals surface area contributed by atoms with Crippen molar-refractivity contribution < 1.29 is 13.9 Å². The maximum atomic E-state index is 13.4. The number of hydrogen-bond donors (Lipinski definition) is 3. The standard InChI is InChI=1S/C22H30N8O3S/c1-4-16(22(31)29-10-14-6-7-34(32,33)17(14)11-29)27-19-18-21(26-12-25-19)30(5-2)20(28-18)15-8-23-13(3)24-9-15/h8-9,12,14,16-17,32-33H,4-7,10-11H2,1-3H3,(H,25,26,27). The zero-order valence-electron chi connectivity index (χ0n) is 19.5. The third-order valence-electron chi connectivity index (χ3n) is 6.87. The summed E-state index contributed by atoms with van der Waals surface area (Å²) in [6, 6.07) is -0.503. The van der Waals surface area contributed by atoms with E-state index in [1.54, 1.807) is 17.3 Å². The van der Waals surface area contributed by atoms with Gasteiger partial charge in [-0.2, -0.15) is 10.6 Å². The molecule has 5 heterocycles. The maximum absolute atomic E-state index is 13.4. The predicted molar refractivity (Wildman–Crippen MR) is 131 cm³/mol. The van der Waals surface area contributed by atoms with Gasteiger partial charge in [-0.1, -0.05) is 6.92 Å². The maximum Gasteiger partial charge on any atom is 0.245 e. The summed E-state index contributed by atoms with van der Waals surface area (Å²) in [5.41, 5.74) is 2.03. The predicted octanol–water partition coefficient (Wildman–Crippen LogP) is 2.78. The Morgan fingerprint density at radius 2 is 1.97 bits per heavy atom. The third kappa shape index (κ3) is 3.89. The lowest BCUT2D eigenvalue weighted by Crippen LogP contribution is -2.42. The van der Waals surface area contributed by atoms with Crippen LogP contribution in [0.15, 0.2) is 18.7 Å². The normalized spacial score (nSPS) is 23.1. The van der Waals surface area contributed by atoms with Crippen LogP contribution in [0.3, 0.4) is 0 Å². The van der Waals surface area contributed by atoms with Crippen LogP contribution < -0.4 is 5.32 Å². The Labute approximate surface area is 199 Å². The number of nitrogens with one attached hydrogen (secondary N) is 1. The van der Waals surface area contributed by atoms with Gasteiger partial charge in [0, 0.05) is 37.8 Å². The number of aryl methyl sites for hydroxylation is 2. The molecule has 2 fully saturated rings. The van der Waals surface area contributed by atoms with E-state index in [1.165, 1.54) is 6.33 Å². The molecule has 34 heavy (non-hydrogen) atoms. The molecule has 1 amide bonds. The summed E-state index contributed by atoms with van der Waals surface area (Å²) in [4.78, 5) is 37.4. The number of anilines is 1. The lowest BCUT2D eigenvalue weighted by atomic mass is 10.1. The molecule has 0 saturated carbocycles. The molecule has 3 atom stereocenters. The van der Waals surface area contributed by atoms with Crippen molar-refractivity contribution in [2.45, 2.75) is 51.4 Å². The van der Waals surface area contributed by atoms with Crippen molar-refractivity contribution in [3.05, 3.63) is 24.5 Å². The average Bonchev–Trinajstić information content (AvgIpc) is 3.50. The van der Waals surface area contributed by atoms with E-state index in [2.05, 4.69) is 25.3 Å². The number of hydrogen-bond acceptors (Lipinski definition) is 9. The van der Waals surface area contributed by atoms with Gasteiger partial charge >= 0.3 is 0 Å². The molecule has 0 bridgehead atoms. The first-order valence-electron chi connectivity index (χ1n) is 11.6. The lowest BCUT2D eigenvalue weighted by Gasteiger charge is -2.34. The van der Waals surface area contributed by atoms with Crippen LogP contribution in [0.5, 0.6) is 0 Å². The Kier molecular flexibility index (Phi) is 5.90. The third-order valence-corrected chi connectivity index (χ3v) is 9.21. The van der Waals surface area contributed by atoms with Gasteiger partial charge in [0.15, 0.2) is 17.0 Å². The van der Waals surface area contributed by atoms with Gasteiger partial charge < -0.3 is 14.8 Å². The average molecular weight is 487 g/mol. The smallest absolute Gasteiger partial charge is 0.245 e. The van der Waals surface area contributed by atoms with E-state index in [4.69, 9.17) is 4.98 Å². The number of nitrogens with zero attached hydrogens (tertiary/aromatic N) is 7. The van der Waals surface area contributed by atoms with Gasteiger partial charge in [0.1, 0.15) is 24.0 Å². The van der Waals surface area contributed by atoms with Crippen molar-refractivity contribution in [2.24, 2.45) is 5.92 Å². The molecule has 0 radical (unpaired) electrons. The van der Waals surface area contributed by atoms with Crippen LogP contribution in [0.25, 0.3) is 22.6 Å². The first-order valence-corrected chi connectivity index (χ1v) is 13.4. The Morgan fingerprint density at radius 1 is 1.21 bits per heavy atom. The minimum absolute atomic E-state index is 0.0547. The number of carbonyl (C=O) groups is 1. The van der Waals surface area contributed by atoms with E-state index in [9.17, 15) is 13.9 Å². The van der Waals surface area contributed by atoms with E-state index >= 15 is 0 Å². The second-order valence-electron chi connectivity index (χ2n) is 8.95. The lowest BCUT2D eigenvalue weighted by molar-refractivity contribution is -0.131. The second-order valence-corrected chi connectivity index (χ2v) is 11.4. The summed E-state index contributed by atoms with van der Waals surface area (Å²) in [5.74, 6) is 2.43. The zero-order chi connectivity index (χ0) is 24.0. The molecule has 2 aliphatic heterocycles. The van der Waals surface area contributed by atoms with Crippen molar-refractivity contribution in [3.8, 4) is 11.4 Å². The molecule has 3 aromatic rings. The molecule has 2 aliphatic rings. The van der Waals surface area contributed by atoms with E-state index in [1.807, 2.05) is 25.3 Å². The molecular formula is C22H30N8O3S. The zero-order valence-corrected chi connectivity index (χ0v) is 20.4. The highest BCUT2D eigenvalue weighted by Crippen LogP contribution is 2.57. The monoisotopic (exact) mass is 486 g/mol. The summed E-state index contributed by atoms with van der Waals surface area (Å²) in [6.45, 7) is 7.40. The summed E-state index contributed by atoms with van der Waals surface area (Å²) >= 11 is 0. The first-order chi connectivity index (χ1) is 16.3. The molecule has 0 aliphatic carbocycles. The van der Waals surface area contributed by atoms with Gasteiger partial charge in [-0.25, -0.2) is 24.9 Å². The van der Waals surface area contributed by atoms with Crippen molar-refractivity contribution in [2.75, 3.05) is 24.2 Å². The summed E-state index contributed by atoms with van der Waals surface area (Å²) in [7, 11) is -2.60. The van der Waals surface area contributed by atoms with Gasteiger partial charge in [0.05, 0.1) is 10.8 Å². The largest absolute Gasteiger partial charge is 0.356 e. The van der Waals surface area contributed by atoms with Crippen molar-refractivity contribution >= 4 is 33.5 Å². The highest BCUT2D eigenvalue weighted by atomic mass is 32.3. The minimum Gasteiger partial charge on any atom is -0.356 e. The minimum atomic E-state index is -2.60. The van der Waals surface area contributed by atoms with E-state index < -0.39 is 16.6 Å². The van der Waals surface area contributed by atoms with Crippen molar-refractivity contribution in [3.63, 3.8) is 0 Å². The summed E-state index contributed by atoms with van der Waals surface area (Å²) in [5, 5.41) is 3.08. The molecule has 3 unspecified atom stereocenters. The van der Waals surface area contributed by atoms with Gasteiger partial charge in [-0.05, 0) is 32.6 Å². The number of imidazole rings is 1. The van der Waals surface area contributed by atoms with Crippen LogP contribution >= 0.6 is 10.6 Å². The quantitative estimate of drug-likeness (QED) is 0.479. The second kappa shape index (κ2) is 8.75. The number of rotatable bonds is 6. The van der Waals surface area contributed by atoms with Gasteiger partial charge in [0.2, 0.25) is 5.91 Å². The molecule has 12 heteroatoms. The number of fused-ring (bicyclic) bond motifs is 2. The Morgan fingerprint density at radius 3 is 2.65 bits per heavy atom. The number of likely N-dealkylation sites (tertiary alicyclic amines) is 1. The van der Waals surface area contributed by atoms with Gasteiger partial charge in [0.25, 0.3) is 0 Å². The fraction of sp³-hybridized carbons (Fsp3) is 0.545. The molecule has 2 saturated heterocycles. The summed E-state index contributed by atoms with van der Waals surface area (Å²) < 4.78 is 22.6. The van der Waals surface area contributed by atoms with Crippen molar-refractivity contribution in [1.29, 1.82) is 0 Å². The fourth-order valence-corrected chi connectivity index (χ4v) is 7.21. The molecule has 3 N–H and O–H groups in total. The molecule has 5 rings (SSSR count). The molecule has 3 aromatic heterocycles. The first kappa shape index (κ1) is 22.9. The summed E-state index contributed by atoms with van der Waals surface area (Å²) in [6.07, 6.45) is 6.26. The van der Waals surface area contributed by atoms with E-state index in [0.717, 1.165) is 12.0 Å². The SMILES string of the molecule is CCC(Nc1ncnc2c1nc(-c1cnc(C)nc1)n2CC)C(=O)N1CC2CCS(O)(O)C2C1. The molecule has 11 nitrogen and oxygen atoms in total. The van der Waals surface area contributed by atoms with Gasteiger partial charge in [-0.15, -0.1) is 0 Å². The van der Waals surface area contributed by atoms with Crippen LogP contribution in [0.1, 0.15) is 32.5 Å². The van der Waals surface area contributed by atoms with Crippen LogP contribution in [-0.2, 0) is 11.3 Å². The Bertz CT molecular complexity index is 1210. The number of aromatic nitrogens is 6. The van der Waals surface area contributed by atoms with E-state index in [-0.39, 0.29) is 17.1 Å². The number of amides is 1. The van der Waals surface area contributed by atoms with Crippen LogP contribution in [0.4, 0.5) is 5.82 Å². The Hall–Kier alpha value is -2.83. The van der Waals surface area contributed by atoms with Gasteiger partial charge in [-0.3, -0.25) is 13.9 Å². The topological polar surface area (TPSA) is 142 Å². The molecule has 0 aromatic carbocycles. The molecular weight excluding hydrogens is 456 g/mol. The Balaban J connectivity index is 1.42. The molecule has 182 valence electrons. The highest BCUT2D eigenvalue weighted by molar-refractivity contribution is 8.25. The van der Waals surface area contributed by atoms with Crippen LogP contribution in [0.2, 0.25) is 0 Å². The number of carbonyl (C=O) groups excluding carboxylic acids is 1. The highest BCUT2D eigenvalue weighted by Gasteiger charge is 2.48. The molecule has 0 spiro atoms. The fourth-order valence-electron chi connectivity index (χ4n) is 5.00. The van der Waals surface area contributed by atoms with E-state index in [0.29, 0.717) is 60.4 Å². The van der Waals surface area contributed by atoms with Crippen LogP contribution in [0, 0.1) is 12.8 Å².